The van der Waals surface area contributed by atoms with Crippen molar-refractivity contribution in [3.63, 3.8) is 0 Å². The van der Waals surface area contributed by atoms with Gasteiger partial charge in [-0.05, 0) is 39.2 Å². The molecule has 2 aliphatic rings. The lowest BCUT2D eigenvalue weighted by molar-refractivity contribution is -0.141. The van der Waals surface area contributed by atoms with Crippen molar-refractivity contribution in [3.8, 4) is 0 Å². The van der Waals surface area contributed by atoms with Crippen LogP contribution in [0.3, 0.4) is 0 Å². The predicted octanol–water partition coefficient (Wildman–Crippen LogP) is -0.828. The molecule has 0 aromatic heterocycles. The zero-order chi connectivity index (χ0) is 13.3. The van der Waals surface area contributed by atoms with Gasteiger partial charge in [0.15, 0.2) is 0 Å². The second kappa shape index (κ2) is 5.06. The molecule has 2 fully saturated rings. The molecule has 0 spiro atoms. The molecule has 2 rings (SSSR count). The molecule has 18 heavy (non-hydrogen) atoms. The average Bonchev–Trinajstić information content (AvgIpc) is 2.99. The summed E-state index contributed by atoms with van der Waals surface area (Å²) in [6.45, 7) is 2.30. The van der Waals surface area contributed by atoms with Crippen molar-refractivity contribution in [1.82, 2.24) is 10.2 Å². The fourth-order valence-corrected chi connectivity index (χ4v) is 2.38. The first-order valence-electron chi connectivity index (χ1n) is 6.40. The lowest BCUT2D eigenvalue weighted by atomic mass is 10.1. The average molecular weight is 253 g/mol. The summed E-state index contributed by atoms with van der Waals surface area (Å²) >= 11 is 0. The number of rotatable bonds is 5. The molecule has 1 unspecified atom stereocenters. The van der Waals surface area contributed by atoms with Crippen molar-refractivity contribution >= 4 is 17.6 Å². The van der Waals surface area contributed by atoms with Crippen LogP contribution >= 0.6 is 0 Å². The lowest BCUT2D eigenvalue weighted by Gasteiger charge is -2.27. The number of Topliss-reactive ketones (excluding diaryl/α,β-unsaturated/α-hetero) is 1. The Kier molecular flexibility index (Phi) is 3.65. The van der Waals surface area contributed by atoms with E-state index in [1.165, 1.54) is 0 Å². The first-order chi connectivity index (χ1) is 8.50. The molecule has 0 aromatic carbocycles. The molecule has 6 heteroatoms. The molecule has 1 aliphatic carbocycles. The number of amides is 2. The number of nitrogens with two attached hydrogens (primary N) is 1. The minimum Gasteiger partial charge on any atom is -0.368 e. The molecule has 2 amide bonds. The quantitative estimate of drug-likeness (QED) is 0.626. The molecule has 1 aliphatic heterocycles. The molecular weight excluding hydrogens is 234 g/mol. The number of hydrogen-bond donors (Lipinski definition) is 2. The van der Waals surface area contributed by atoms with E-state index < -0.39 is 29.7 Å². The Morgan fingerprint density at radius 2 is 1.94 bits per heavy atom. The van der Waals surface area contributed by atoms with Crippen LogP contribution in [-0.2, 0) is 14.4 Å². The van der Waals surface area contributed by atoms with Gasteiger partial charge in [-0.15, -0.1) is 0 Å². The van der Waals surface area contributed by atoms with Gasteiger partial charge in [0, 0.05) is 6.04 Å². The standard InChI is InChI=1S/C12H19N3O3/c1-7(10(16)12(18)14-8-4-5-8)15-6-2-3-9(15)11(13)17/h7-9H,2-6H2,1H3,(H2,13,17)(H,14,18)/t7-,9?/m0/s1. The Bertz CT molecular complexity index is 379. The minimum absolute atomic E-state index is 0.166. The smallest absolute Gasteiger partial charge is 0.289 e. The number of ketones is 1. The van der Waals surface area contributed by atoms with E-state index in [0.717, 1.165) is 19.3 Å². The Morgan fingerprint density at radius 1 is 1.28 bits per heavy atom. The molecule has 0 aromatic rings. The zero-order valence-electron chi connectivity index (χ0n) is 10.5. The normalized spacial score (nSPS) is 25.7. The number of carbonyl (C=O) groups is 3. The fraction of sp³-hybridized carbons (Fsp3) is 0.750. The molecule has 2 atom stereocenters. The topological polar surface area (TPSA) is 92.5 Å². The van der Waals surface area contributed by atoms with Crippen molar-refractivity contribution in [3.05, 3.63) is 0 Å². The van der Waals surface area contributed by atoms with Gasteiger partial charge in [-0.2, -0.15) is 0 Å². The van der Waals surface area contributed by atoms with Crippen LogP contribution in [0.5, 0.6) is 0 Å². The highest BCUT2D eigenvalue weighted by molar-refractivity contribution is 6.38. The molecule has 3 N–H and O–H groups in total. The summed E-state index contributed by atoms with van der Waals surface area (Å²) in [5, 5.41) is 2.67. The summed E-state index contributed by atoms with van der Waals surface area (Å²) in [5.41, 5.74) is 5.30. The number of carbonyl (C=O) groups excluding carboxylic acids is 3. The van der Waals surface area contributed by atoms with E-state index in [2.05, 4.69) is 5.32 Å². The van der Waals surface area contributed by atoms with Crippen LogP contribution < -0.4 is 11.1 Å². The summed E-state index contributed by atoms with van der Waals surface area (Å²) < 4.78 is 0. The fourth-order valence-electron chi connectivity index (χ4n) is 2.38. The SMILES string of the molecule is C[C@@H](C(=O)C(=O)NC1CC1)N1CCCC1C(N)=O. The largest absolute Gasteiger partial charge is 0.368 e. The second-order valence-electron chi connectivity index (χ2n) is 5.09. The lowest BCUT2D eigenvalue weighted by Crippen LogP contribution is -2.51. The van der Waals surface area contributed by atoms with Crippen molar-refractivity contribution < 1.29 is 14.4 Å². The maximum absolute atomic E-state index is 12.0. The zero-order valence-corrected chi connectivity index (χ0v) is 10.5. The molecule has 6 nitrogen and oxygen atoms in total. The Morgan fingerprint density at radius 3 is 2.50 bits per heavy atom. The van der Waals surface area contributed by atoms with Gasteiger partial charge >= 0.3 is 0 Å². The first kappa shape index (κ1) is 13.0. The van der Waals surface area contributed by atoms with Crippen LogP contribution in [-0.4, -0.2) is 47.2 Å². The molecule has 0 bridgehead atoms. The van der Waals surface area contributed by atoms with Gasteiger partial charge in [0.05, 0.1) is 12.1 Å². The van der Waals surface area contributed by atoms with Gasteiger partial charge in [0.25, 0.3) is 5.91 Å². The van der Waals surface area contributed by atoms with Crippen molar-refractivity contribution in [1.29, 1.82) is 0 Å². The number of likely N-dealkylation sites (tertiary alicyclic amines) is 1. The predicted molar refractivity (Wildman–Crippen MR) is 64.6 cm³/mol. The summed E-state index contributed by atoms with van der Waals surface area (Å²) in [6.07, 6.45) is 3.38. The van der Waals surface area contributed by atoms with Crippen LogP contribution in [0.1, 0.15) is 32.6 Å². The number of nitrogens with one attached hydrogen (secondary N) is 1. The van der Waals surface area contributed by atoms with E-state index in [1.54, 1.807) is 11.8 Å². The van der Waals surface area contributed by atoms with Gasteiger partial charge in [-0.1, -0.05) is 0 Å². The van der Waals surface area contributed by atoms with Crippen LogP contribution in [0.25, 0.3) is 0 Å². The Balaban J connectivity index is 1.96. The summed E-state index contributed by atoms with van der Waals surface area (Å²) in [7, 11) is 0. The van der Waals surface area contributed by atoms with Crippen molar-refractivity contribution in [2.75, 3.05) is 6.54 Å². The van der Waals surface area contributed by atoms with Gasteiger partial charge in [-0.3, -0.25) is 19.3 Å². The molecular formula is C12H19N3O3. The first-order valence-corrected chi connectivity index (χ1v) is 6.40. The highest BCUT2D eigenvalue weighted by atomic mass is 16.2. The molecule has 0 radical (unpaired) electrons. The highest BCUT2D eigenvalue weighted by Crippen LogP contribution is 2.21. The highest BCUT2D eigenvalue weighted by Gasteiger charge is 2.38. The number of hydrogen-bond acceptors (Lipinski definition) is 4. The number of nitrogens with zero attached hydrogens (tertiary/aromatic N) is 1. The van der Waals surface area contributed by atoms with E-state index in [1.807, 2.05) is 0 Å². The van der Waals surface area contributed by atoms with Crippen LogP contribution in [0, 0.1) is 0 Å². The van der Waals surface area contributed by atoms with Gasteiger partial charge in [-0.25, -0.2) is 0 Å². The van der Waals surface area contributed by atoms with Crippen molar-refractivity contribution in [2.45, 2.75) is 50.7 Å². The summed E-state index contributed by atoms with van der Waals surface area (Å²) in [5.74, 6) is -1.44. The van der Waals surface area contributed by atoms with Gasteiger partial charge in [0.1, 0.15) is 0 Å². The Labute approximate surface area is 106 Å². The summed E-state index contributed by atoms with van der Waals surface area (Å²) in [4.78, 5) is 36.6. The van der Waals surface area contributed by atoms with E-state index in [0.29, 0.717) is 13.0 Å². The van der Waals surface area contributed by atoms with Crippen molar-refractivity contribution in [2.24, 2.45) is 5.73 Å². The van der Waals surface area contributed by atoms with E-state index in [4.69, 9.17) is 5.73 Å². The molecule has 1 heterocycles. The molecule has 100 valence electrons. The Hall–Kier alpha value is -1.43. The van der Waals surface area contributed by atoms with Crippen LogP contribution in [0.4, 0.5) is 0 Å². The van der Waals surface area contributed by atoms with E-state index in [-0.39, 0.29) is 6.04 Å². The van der Waals surface area contributed by atoms with Gasteiger partial charge in [0.2, 0.25) is 11.7 Å². The third kappa shape index (κ3) is 2.69. The maximum Gasteiger partial charge on any atom is 0.289 e. The third-order valence-corrected chi connectivity index (χ3v) is 3.64. The number of primary amides is 1. The minimum atomic E-state index is -0.580. The molecule has 1 saturated carbocycles. The van der Waals surface area contributed by atoms with Gasteiger partial charge < -0.3 is 11.1 Å². The van der Waals surface area contributed by atoms with E-state index in [9.17, 15) is 14.4 Å². The maximum atomic E-state index is 12.0. The monoisotopic (exact) mass is 253 g/mol. The molecule has 1 saturated heterocycles. The third-order valence-electron chi connectivity index (χ3n) is 3.64. The van der Waals surface area contributed by atoms with Crippen LogP contribution in [0.2, 0.25) is 0 Å². The second-order valence-corrected chi connectivity index (χ2v) is 5.09. The van der Waals surface area contributed by atoms with Crippen LogP contribution in [0.15, 0.2) is 0 Å². The summed E-state index contributed by atoms with van der Waals surface area (Å²) in [6, 6.07) is -0.833. The van der Waals surface area contributed by atoms with E-state index >= 15 is 0 Å².